The summed E-state index contributed by atoms with van der Waals surface area (Å²) < 4.78 is 7.12. The first kappa shape index (κ1) is 21.1. The van der Waals surface area contributed by atoms with Crippen molar-refractivity contribution in [1.82, 2.24) is 4.57 Å². The summed E-state index contributed by atoms with van der Waals surface area (Å²) in [6, 6.07) is 32.3. The van der Waals surface area contributed by atoms with Gasteiger partial charge in [-0.2, -0.15) is 0 Å². The molecule has 3 aromatic carbocycles. The Balaban J connectivity index is 1.53. The molecule has 1 aromatic heterocycles. The van der Waals surface area contributed by atoms with Gasteiger partial charge in [0.25, 0.3) is 5.56 Å². The lowest BCUT2D eigenvalue weighted by Gasteiger charge is -2.23. The van der Waals surface area contributed by atoms with Crippen LogP contribution in [0.25, 0.3) is 0 Å². The summed E-state index contributed by atoms with van der Waals surface area (Å²) in [6.45, 7) is 0.629. The van der Waals surface area contributed by atoms with E-state index in [4.69, 9.17) is 4.74 Å². The quantitative estimate of drug-likeness (QED) is 0.413. The number of pyridine rings is 1. The van der Waals surface area contributed by atoms with Gasteiger partial charge in [0.1, 0.15) is 13.2 Å². The van der Waals surface area contributed by atoms with Crippen molar-refractivity contribution in [3.05, 3.63) is 131 Å². The largest absolute Gasteiger partial charge is 0.483 e. The fourth-order valence-corrected chi connectivity index (χ4v) is 3.41. The molecule has 0 fully saturated rings. The van der Waals surface area contributed by atoms with E-state index < -0.39 is 0 Å². The first-order valence-electron chi connectivity index (χ1n) is 10.5. The molecule has 32 heavy (non-hydrogen) atoms. The molecule has 160 valence electrons. The number of hydrogen-bond donors (Lipinski definition) is 0. The van der Waals surface area contributed by atoms with Crippen LogP contribution in [0.4, 0.5) is 5.69 Å². The minimum atomic E-state index is -0.329. The standard InChI is InChI=1S/C27H24N2O3/c30-26(29(24-15-8-3-9-16-24)19-22-11-4-1-5-12-22)20-28-18-10-17-25(27(28)31)32-21-23-13-6-2-7-14-23/h1-18H,19-21H2. The number of carbonyl (C=O) groups excluding carboxylic acids is 1. The highest BCUT2D eigenvalue weighted by Crippen LogP contribution is 2.18. The third-order valence-electron chi connectivity index (χ3n) is 5.08. The Hall–Kier alpha value is -4.12. The lowest BCUT2D eigenvalue weighted by atomic mass is 10.2. The molecule has 0 spiro atoms. The highest BCUT2D eigenvalue weighted by Gasteiger charge is 2.18. The number of carbonyl (C=O) groups is 1. The fourth-order valence-electron chi connectivity index (χ4n) is 3.41. The zero-order valence-corrected chi connectivity index (χ0v) is 17.6. The molecule has 5 nitrogen and oxygen atoms in total. The lowest BCUT2D eigenvalue weighted by molar-refractivity contribution is -0.119. The summed E-state index contributed by atoms with van der Waals surface area (Å²) in [5.74, 6) is 0.0424. The van der Waals surface area contributed by atoms with Crippen molar-refractivity contribution in [2.24, 2.45) is 0 Å². The maximum atomic E-state index is 13.3. The third kappa shape index (κ3) is 5.32. The fraction of sp³-hybridized carbons (Fsp3) is 0.111. The maximum absolute atomic E-state index is 13.3. The smallest absolute Gasteiger partial charge is 0.293 e. The summed E-state index contributed by atoms with van der Waals surface area (Å²) in [5.41, 5.74) is 2.43. The zero-order valence-electron chi connectivity index (χ0n) is 17.6. The van der Waals surface area contributed by atoms with Crippen molar-refractivity contribution in [2.75, 3.05) is 4.90 Å². The molecule has 1 heterocycles. The predicted molar refractivity (Wildman–Crippen MR) is 126 cm³/mol. The Bertz CT molecular complexity index is 1210. The molecule has 0 saturated heterocycles. The van der Waals surface area contributed by atoms with Crippen LogP contribution < -0.4 is 15.2 Å². The van der Waals surface area contributed by atoms with Crippen molar-refractivity contribution in [2.45, 2.75) is 19.7 Å². The van der Waals surface area contributed by atoms with E-state index in [-0.39, 0.29) is 30.4 Å². The van der Waals surface area contributed by atoms with Gasteiger partial charge in [-0.3, -0.25) is 9.59 Å². The van der Waals surface area contributed by atoms with Crippen LogP contribution >= 0.6 is 0 Å². The van der Waals surface area contributed by atoms with Crippen molar-refractivity contribution in [3.8, 4) is 5.75 Å². The van der Waals surface area contributed by atoms with Gasteiger partial charge in [-0.1, -0.05) is 78.9 Å². The van der Waals surface area contributed by atoms with Crippen molar-refractivity contribution in [1.29, 1.82) is 0 Å². The van der Waals surface area contributed by atoms with Gasteiger partial charge < -0.3 is 14.2 Å². The SMILES string of the molecule is O=C(Cn1cccc(OCc2ccccc2)c1=O)N(Cc1ccccc1)c1ccccc1. The summed E-state index contributed by atoms with van der Waals surface area (Å²) in [4.78, 5) is 27.9. The average molecular weight is 425 g/mol. The number of amides is 1. The molecule has 1 amide bonds. The molecule has 0 atom stereocenters. The molecule has 0 aliphatic heterocycles. The van der Waals surface area contributed by atoms with Crippen LogP contribution in [0.2, 0.25) is 0 Å². The molecule has 0 saturated carbocycles. The van der Waals surface area contributed by atoms with Gasteiger partial charge >= 0.3 is 0 Å². The second-order valence-electron chi connectivity index (χ2n) is 7.38. The van der Waals surface area contributed by atoms with Gasteiger partial charge in [0.15, 0.2) is 5.75 Å². The van der Waals surface area contributed by atoms with E-state index in [9.17, 15) is 9.59 Å². The van der Waals surface area contributed by atoms with Gasteiger partial charge in [0, 0.05) is 11.9 Å². The Morgan fingerprint density at radius 1 is 0.750 bits per heavy atom. The molecule has 0 radical (unpaired) electrons. The second kappa shape index (κ2) is 10.3. The Labute approximate surface area is 187 Å². The molecule has 0 N–H and O–H groups in total. The molecule has 0 aliphatic carbocycles. The molecule has 0 aliphatic rings. The number of rotatable bonds is 8. The molecular formula is C27H24N2O3. The third-order valence-corrected chi connectivity index (χ3v) is 5.08. The van der Waals surface area contributed by atoms with Crippen molar-refractivity contribution in [3.63, 3.8) is 0 Å². The first-order chi connectivity index (χ1) is 15.7. The molecule has 4 aromatic rings. The Morgan fingerprint density at radius 3 is 2.00 bits per heavy atom. The molecule has 4 rings (SSSR count). The van der Waals surface area contributed by atoms with Gasteiger partial charge in [-0.15, -0.1) is 0 Å². The number of hydrogen-bond acceptors (Lipinski definition) is 3. The highest BCUT2D eigenvalue weighted by atomic mass is 16.5. The first-order valence-corrected chi connectivity index (χ1v) is 10.5. The summed E-state index contributed by atoms with van der Waals surface area (Å²) in [6.07, 6.45) is 1.61. The highest BCUT2D eigenvalue weighted by molar-refractivity contribution is 5.93. The number of para-hydroxylation sites is 1. The van der Waals surface area contributed by atoms with Crippen molar-refractivity contribution < 1.29 is 9.53 Å². The lowest BCUT2D eigenvalue weighted by Crippen LogP contribution is -2.36. The monoisotopic (exact) mass is 424 g/mol. The van der Waals surface area contributed by atoms with Crippen molar-refractivity contribution >= 4 is 11.6 Å². The van der Waals surface area contributed by atoms with E-state index in [1.165, 1.54) is 4.57 Å². The topological polar surface area (TPSA) is 51.5 Å². The minimum absolute atomic E-state index is 0.0803. The molecule has 0 unspecified atom stereocenters. The van der Waals surface area contributed by atoms with E-state index in [1.54, 1.807) is 23.2 Å². The van der Waals surface area contributed by atoms with Crippen LogP contribution in [0.15, 0.2) is 114 Å². The van der Waals surface area contributed by atoms with Gasteiger partial charge in [-0.05, 0) is 35.4 Å². The predicted octanol–water partition coefficient (Wildman–Crippen LogP) is 4.66. The van der Waals surface area contributed by atoms with Crippen LogP contribution in [-0.2, 0) is 24.5 Å². The van der Waals surface area contributed by atoms with Crippen LogP contribution in [0, 0.1) is 0 Å². The maximum Gasteiger partial charge on any atom is 0.293 e. The molecular weight excluding hydrogens is 400 g/mol. The average Bonchev–Trinajstić information content (AvgIpc) is 2.85. The Morgan fingerprint density at radius 2 is 1.34 bits per heavy atom. The normalized spacial score (nSPS) is 10.5. The van der Waals surface area contributed by atoms with E-state index >= 15 is 0 Å². The zero-order chi connectivity index (χ0) is 22.2. The van der Waals surface area contributed by atoms with E-state index in [0.717, 1.165) is 16.8 Å². The summed E-state index contributed by atoms with van der Waals surface area (Å²) >= 11 is 0. The van der Waals surface area contributed by atoms with E-state index in [0.29, 0.717) is 6.54 Å². The van der Waals surface area contributed by atoms with Gasteiger partial charge in [0.05, 0.1) is 6.54 Å². The number of nitrogens with zero attached hydrogens (tertiary/aromatic N) is 2. The molecule has 5 heteroatoms. The number of aromatic nitrogens is 1. The van der Waals surface area contributed by atoms with Crippen LogP contribution in [0.3, 0.4) is 0 Å². The van der Waals surface area contributed by atoms with Gasteiger partial charge in [-0.25, -0.2) is 0 Å². The minimum Gasteiger partial charge on any atom is -0.483 e. The van der Waals surface area contributed by atoms with Crippen LogP contribution in [0.5, 0.6) is 5.75 Å². The molecule has 0 bridgehead atoms. The second-order valence-corrected chi connectivity index (χ2v) is 7.38. The number of ether oxygens (including phenoxy) is 1. The van der Waals surface area contributed by atoms with Crippen LogP contribution in [-0.4, -0.2) is 10.5 Å². The number of anilines is 1. The summed E-state index contributed by atoms with van der Waals surface area (Å²) in [7, 11) is 0. The van der Waals surface area contributed by atoms with Crippen LogP contribution in [0.1, 0.15) is 11.1 Å². The van der Waals surface area contributed by atoms with E-state index in [2.05, 4.69) is 0 Å². The number of benzene rings is 3. The Kier molecular flexibility index (Phi) is 6.78. The van der Waals surface area contributed by atoms with E-state index in [1.807, 2.05) is 91.0 Å². The van der Waals surface area contributed by atoms with Gasteiger partial charge in [0.2, 0.25) is 5.91 Å². The summed E-state index contributed by atoms with van der Waals surface area (Å²) in [5, 5.41) is 0.